The lowest BCUT2D eigenvalue weighted by atomic mass is 10.2. The van der Waals surface area contributed by atoms with Gasteiger partial charge in [-0.05, 0) is 38.5 Å². The minimum absolute atomic E-state index is 0.0873. The Morgan fingerprint density at radius 2 is 2.32 bits per heavy atom. The molecule has 0 spiro atoms. The number of aromatic nitrogens is 2. The summed E-state index contributed by atoms with van der Waals surface area (Å²) in [5.74, 6) is -0.144. The van der Waals surface area contributed by atoms with E-state index < -0.39 is 0 Å². The van der Waals surface area contributed by atoms with E-state index in [9.17, 15) is 4.79 Å². The summed E-state index contributed by atoms with van der Waals surface area (Å²) in [4.78, 5) is 17.1. The zero-order valence-electron chi connectivity index (χ0n) is 13.1. The summed E-state index contributed by atoms with van der Waals surface area (Å²) >= 11 is 0. The van der Waals surface area contributed by atoms with Crippen molar-refractivity contribution in [2.75, 3.05) is 19.8 Å². The summed E-state index contributed by atoms with van der Waals surface area (Å²) in [5.41, 5.74) is 3.18. The van der Waals surface area contributed by atoms with Crippen LogP contribution in [0.3, 0.4) is 0 Å². The number of hydrogen-bond acceptors (Lipinski definition) is 4. The molecule has 0 unspecified atom stereocenters. The molecule has 2 atom stereocenters. The van der Waals surface area contributed by atoms with Crippen LogP contribution in [0.15, 0.2) is 18.3 Å². The molecule has 118 valence electrons. The molecule has 22 heavy (non-hydrogen) atoms. The molecule has 6 nitrogen and oxygen atoms in total. The first-order valence-corrected chi connectivity index (χ1v) is 7.55. The van der Waals surface area contributed by atoms with Crippen LogP contribution in [0.4, 0.5) is 0 Å². The first-order chi connectivity index (χ1) is 10.6. The average molecular weight is 303 g/mol. The molecule has 1 saturated heterocycles. The molecule has 0 saturated carbocycles. The standard InChI is InChI=1S/C16H21N3O3/c1-4-22-13-9-21-8-12(13)18-16(20)15-11(3)17-14-7-10(2)5-6-19(14)15/h5-7,12-13H,4,8-9H2,1-3H3,(H,18,20)/t12-,13-/m0/s1. The van der Waals surface area contributed by atoms with Gasteiger partial charge in [0.2, 0.25) is 0 Å². The first-order valence-electron chi connectivity index (χ1n) is 7.55. The molecule has 3 heterocycles. The molecule has 1 amide bonds. The van der Waals surface area contributed by atoms with Crippen molar-refractivity contribution >= 4 is 11.6 Å². The number of rotatable bonds is 4. The highest BCUT2D eigenvalue weighted by Gasteiger charge is 2.31. The predicted octanol–water partition coefficient (Wildman–Crippen LogP) is 1.48. The molecule has 0 radical (unpaired) electrons. The van der Waals surface area contributed by atoms with E-state index in [1.807, 2.05) is 43.5 Å². The van der Waals surface area contributed by atoms with Gasteiger partial charge < -0.3 is 14.8 Å². The highest BCUT2D eigenvalue weighted by molar-refractivity contribution is 5.95. The third-order valence-electron chi connectivity index (χ3n) is 3.90. The number of pyridine rings is 1. The maximum Gasteiger partial charge on any atom is 0.270 e. The van der Waals surface area contributed by atoms with Crippen molar-refractivity contribution in [3.63, 3.8) is 0 Å². The topological polar surface area (TPSA) is 64.9 Å². The second-order valence-corrected chi connectivity index (χ2v) is 5.59. The average Bonchev–Trinajstić information content (AvgIpc) is 3.02. The summed E-state index contributed by atoms with van der Waals surface area (Å²) in [5, 5.41) is 3.01. The highest BCUT2D eigenvalue weighted by Crippen LogP contribution is 2.15. The van der Waals surface area contributed by atoms with Crippen LogP contribution in [0.25, 0.3) is 5.65 Å². The van der Waals surface area contributed by atoms with Crippen LogP contribution in [0.5, 0.6) is 0 Å². The quantitative estimate of drug-likeness (QED) is 0.929. The van der Waals surface area contributed by atoms with Crippen molar-refractivity contribution in [3.8, 4) is 0 Å². The van der Waals surface area contributed by atoms with E-state index in [4.69, 9.17) is 9.47 Å². The second kappa shape index (κ2) is 6.06. The van der Waals surface area contributed by atoms with E-state index in [1.165, 1.54) is 0 Å². The van der Waals surface area contributed by atoms with Gasteiger partial charge in [-0.25, -0.2) is 4.98 Å². The summed E-state index contributed by atoms with van der Waals surface area (Å²) in [6.45, 7) is 7.40. The molecule has 1 N–H and O–H groups in total. The second-order valence-electron chi connectivity index (χ2n) is 5.59. The summed E-state index contributed by atoms with van der Waals surface area (Å²) in [7, 11) is 0. The molecule has 0 aliphatic carbocycles. The third kappa shape index (κ3) is 2.71. The van der Waals surface area contributed by atoms with Crippen LogP contribution in [0.1, 0.15) is 28.7 Å². The lowest BCUT2D eigenvalue weighted by Crippen LogP contribution is -2.44. The number of hydrogen-bond donors (Lipinski definition) is 1. The number of ether oxygens (including phenoxy) is 2. The molecule has 3 rings (SSSR count). The lowest BCUT2D eigenvalue weighted by Gasteiger charge is -2.18. The predicted molar refractivity (Wildman–Crippen MR) is 82.2 cm³/mol. The molecular weight excluding hydrogens is 282 g/mol. The van der Waals surface area contributed by atoms with E-state index in [0.29, 0.717) is 25.5 Å². The summed E-state index contributed by atoms with van der Waals surface area (Å²) in [6, 6.07) is 3.81. The Balaban J connectivity index is 1.84. The molecule has 2 aromatic rings. The van der Waals surface area contributed by atoms with Gasteiger partial charge in [0.25, 0.3) is 5.91 Å². The number of nitrogens with zero attached hydrogens (tertiary/aromatic N) is 2. The van der Waals surface area contributed by atoms with Gasteiger partial charge in [-0.2, -0.15) is 0 Å². The molecule has 1 fully saturated rings. The van der Waals surface area contributed by atoms with Gasteiger partial charge in [-0.1, -0.05) is 0 Å². The minimum atomic E-state index is -0.144. The Bertz CT molecular complexity index is 695. The van der Waals surface area contributed by atoms with Crippen molar-refractivity contribution in [2.24, 2.45) is 0 Å². The van der Waals surface area contributed by atoms with Gasteiger partial charge in [0, 0.05) is 12.8 Å². The Morgan fingerprint density at radius 1 is 1.50 bits per heavy atom. The van der Waals surface area contributed by atoms with Gasteiger partial charge in [0.15, 0.2) is 0 Å². The first kappa shape index (κ1) is 15.0. The van der Waals surface area contributed by atoms with Crippen LogP contribution < -0.4 is 5.32 Å². The number of carbonyl (C=O) groups excluding carboxylic acids is 1. The largest absolute Gasteiger partial charge is 0.376 e. The maximum absolute atomic E-state index is 12.6. The van der Waals surface area contributed by atoms with Crippen LogP contribution in [0.2, 0.25) is 0 Å². The van der Waals surface area contributed by atoms with Gasteiger partial charge in [0.05, 0.1) is 24.9 Å². The van der Waals surface area contributed by atoms with Gasteiger partial charge in [-0.3, -0.25) is 9.20 Å². The molecule has 1 aliphatic heterocycles. The fourth-order valence-corrected chi connectivity index (χ4v) is 2.82. The van der Waals surface area contributed by atoms with E-state index in [1.54, 1.807) is 0 Å². The van der Waals surface area contributed by atoms with Crippen LogP contribution >= 0.6 is 0 Å². The van der Waals surface area contributed by atoms with E-state index in [-0.39, 0.29) is 18.1 Å². The van der Waals surface area contributed by atoms with Crippen LogP contribution in [-0.4, -0.2) is 47.3 Å². The van der Waals surface area contributed by atoms with E-state index in [2.05, 4.69) is 10.3 Å². The summed E-state index contributed by atoms with van der Waals surface area (Å²) < 4.78 is 12.8. The smallest absolute Gasteiger partial charge is 0.270 e. The number of amides is 1. The fraction of sp³-hybridized carbons (Fsp3) is 0.500. The van der Waals surface area contributed by atoms with Crippen molar-refractivity contribution in [3.05, 3.63) is 35.3 Å². The minimum Gasteiger partial charge on any atom is -0.376 e. The van der Waals surface area contributed by atoms with E-state index in [0.717, 1.165) is 16.9 Å². The number of fused-ring (bicyclic) bond motifs is 1. The number of carbonyl (C=O) groups is 1. The van der Waals surface area contributed by atoms with Crippen LogP contribution in [-0.2, 0) is 9.47 Å². The molecule has 6 heteroatoms. The van der Waals surface area contributed by atoms with Gasteiger partial charge >= 0.3 is 0 Å². The van der Waals surface area contributed by atoms with Crippen molar-refractivity contribution < 1.29 is 14.3 Å². The maximum atomic E-state index is 12.6. The number of aryl methyl sites for hydroxylation is 2. The molecular formula is C16H21N3O3. The molecule has 2 aromatic heterocycles. The zero-order valence-corrected chi connectivity index (χ0v) is 13.1. The Morgan fingerprint density at radius 3 is 3.09 bits per heavy atom. The SMILES string of the molecule is CCO[C@H]1COC[C@@H]1NC(=O)c1c(C)nc2cc(C)ccn12. The van der Waals surface area contributed by atoms with E-state index >= 15 is 0 Å². The zero-order chi connectivity index (χ0) is 15.7. The van der Waals surface area contributed by atoms with Gasteiger partial charge in [-0.15, -0.1) is 0 Å². The number of nitrogens with one attached hydrogen (secondary N) is 1. The highest BCUT2D eigenvalue weighted by atomic mass is 16.5. The fourth-order valence-electron chi connectivity index (χ4n) is 2.82. The number of imidazole rings is 1. The van der Waals surface area contributed by atoms with Gasteiger partial charge in [0.1, 0.15) is 17.4 Å². The Kier molecular flexibility index (Phi) is 4.13. The molecule has 1 aliphatic rings. The Labute approximate surface area is 129 Å². The molecule has 0 aromatic carbocycles. The van der Waals surface area contributed by atoms with Crippen molar-refractivity contribution in [1.29, 1.82) is 0 Å². The Hall–Kier alpha value is -1.92. The third-order valence-corrected chi connectivity index (χ3v) is 3.90. The molecule has 0 bridgehead atoms. The van der Waals surface area contributed by atoms with Crippen LogP contribution in [0, 0.1) is 13.8 Å². The monoisotopic (exact) mass is 303 g/mol. The summed E-state index contributed by atoms with van der Waals surface area (Å²) in [6.07, 6.45) is 1.79. The van der Waals surface area contributed by atoms with Crippen molar-refractivity contribution in [2.45, 2.75) is 32.9 Å². The normalized spacial score (nSPS) is 21.4. The lowest BCUT2D eigenvalue weighted by molar-refractivity contribution is 0.0401. The van der Waals surface area contributed by atoms with Crippen molar-refractivity contribution in [1.82, 2.24) is 14.7 Å².